The maximum atomic E-state index is 10.8. The third-order valence-electron chi connectivity index (χ3n) is 1.04. The smallest absolute Gasteiger partial charge is 0.315 e. The molecule has 2 nitrogen and oxygen atoms in total. The van der Waals surface area contributed by atoms with E-state index in [0.717, 1.165) is 18.6 Å². The highest BCUT2D eigenvalue weighted by atomic mass is 32.2. The summed E-state index contributed by atoms with van der Waals surface area (Å²) < 4.78 is 4.88. The van der Waals surface area contributed by atoms with Crippen molar-refractivity contribution < 1.29 is 9.53 Å². The van der Waals surface area contributed by atoms with Gasteiger partial charge in [-0.15, -0.1) is 0 Å². The van der Waals surface area contributed by atoms with Gasteiger partial charge in [-0.1, -0.05) is 13.8 Å². The number of hydrogen-bond donors (Lipinski definition) is 0. The van der Waals surface area contributed by atoms with Crippen LogP contribution >= 0.6 is 11.8 Å². The summed E-state index contributed by atoms with van der Waals surface area (Å²) >= 11 is 1.64. The van der Waals surface area contributed by atoms with E-state index in [2.05, 4.69) is 6.92 Å². The molecule has 0 aliphatic rings. The Morgan fingerprint density at radius 1 is 1.36 bits per heavy atom. The molecule has 0 aliphatic heterocycles. The zero-order valence-electron chi connectivity index (χ0n) is 7.26. The van der Waals surface area contributed by atoms with Gasteiger partial charge < -0.3 is 4.74 Å². The largest absolute Gasteiger partial charge is 0.465 e. The van der Waals surface area contributed by atoms with Crippen molar-refractivity contribution in [3.8, 4) is 0 Å². The number of esters is 1. The van der Waals surface area contributed by atoms with E-state index in [1.807, 2.05) is 6.92 Å². The summed E-state index contributed by atoms with van der Waals surface area (Å²) in [5.41, 5.74) is 0. The zero-order chi connectivity index (χ0) is 8.53. The highest BCUT2D eigenvalue weighted by Gasteiger charge is 2.00. The summed E-state index contributed by atoms with van der Waals surface area (Å²) in [6.45, 7) is 4.66. The van der Waals surface area contributed by atoms with Gasteiger partial charge in [-0.25, -0.2) is 0 Å². The van der Waals surface area contributed by atoms with Crippen molar-refractivity contribution in [2.24, 2.45) is 0 Å². The van der Waals surface area contributed by atoms with Crippen LogP contribution in [-0.4, -0.2) is 24.1 Å². The first kappa shape index (κ1) is 10.8. The monoisotopic (exact) mass is 176 g/mol. The molecule has 0 saturated carbocycles. The summed E-state index contributed by atoms with van der Waals surface area (Å²) in [7, 11) is 0. The van der Waals surface area contributed by atoms with E-state index in [4.69, 9.17) is 4.74 Å². The van der Waals surface area contributed by atoms with Crippen molar-refractivity contribution in [3.05, 3.63) is 0 Å². The van der Waals surface area contributed by atoms with Gasteiger partial charge in [-0.05, 0) is 18.6 Å². The van der Waals surface area contributed by atoms with Gasteiger partial charge in [0.15, 0.2) is 0 Å². The number of carbonyl (C=O) groups excluding carboxylic acids is 1. The van der Waals surface area contributed by atoms with E-state index in [9.17, 15) is 4.79 Å². The van der Waals surface area contributed by atoms with Crippen LogP contribution in [0.5, 0.6) is 0 Å². The summed E-state index contributed by atoms with van der Waals surface area (Å²) in [5.74, 6) is 1.47. The third kappa shape index (κ3) is 7.72. The molecule has 3 heteroatoms. The lowest BCUT2D eigenvalue weighted by atomic mass is 10.5. The Balaban J connectivity index is 3.09. The van der Waals surface area contributed by atoms with Gasteiger partial charge in [0.25, 0.3) is 0 Å². The van der Waals surface area contributed by atoms with Gasteiger partial charge in [0.05, 0.1) is 12.4 Å². The number of carbonyl (C=O) groups is 1. The number of rotatable bonds is 6. The Morgan fingerprint density at radius 2 is 2.09 bits per heavy atom. The Bertz CT molecular complexity index is 104. The Labute approximate surface area is 72.7 Å². The van der Waals surface area contributed by atoms with Crippen molar-refractivity contribution >= 4 is 17.7 Å². The first-order valence-electron chi connectivity index (χ1n) is 4.04. The average molecular weight is 176 g/mol. The second-order valence-electron chi connectivity index (χ2n) is 2.27. The number of hydrogen-bond acceptors (Lipinski definition) is 3. The predicted molar refractivity (Wildman–Crippen MR) is 48.9 cm³/mol. The van der Waals surface area contributed by atoms with Crippen LogP contribution in [0.1, 0.15) is 26.7 Å². The highest BCUT2D eigenvalue weighted by Crippen LogP contribution is 2.02. The molecule has 0 bridgehead atoms. The maximum absolute atomic E-state index is 10.8. The number of thioether (sulfide) groups is 1. The second-order valence-corrected chi connectivity index (χ2v) is 3.38. The van der Waals surface area contributed by atoms with Gasteiger partial charge in [-0.3, -0.25) is 4.79 Å². The lowest BCUT2D eigenvalue weighted by Gasteiger charge is -2.01. The molecule has 0 fully saturated rings. The SMILES string of the molecule is CCCOC(=O)CSCCC. The summed E-state index contributed by atoms with van der Waals surface area (Å²) in [5, 5.41) is 0. The van der Waals surface area contributed by atoms with Crippen LogP contribution < -0.4 is 0 Å². The highest BCUT2D eigenvalue weighted by molar-refractivity contribution is 7.99. The molecule has 0 radical (unpaired) electrons. The minimum atomic E-state index is -0.0784. The Hall–Kier alpha value is -0.180. The lowest BCUT2D eigenvalue weighted by molar-refractivity contribution is -0.140. The third-order valence-corrected chi connectivity index (χ3v) is 2.17. The first-order chi connectivity index (χ1) is 5.31. The number of ether oxygens (including phenoxy) is 1. The molecule has 0 amide bonds. The van der Waals surface area contributed by atoms with E-state index in [1.165, 1.54) is 0 Å². The molecule has 0 N–H and O–H groups in total. The van der Waals surface area contributed by atoms with Crippen molar-refractivity contribution in [2.75, 3.05) is 18.1 Å². The molecule has 0 unspecified atom stereocenters. The quantitative estimate of drug-likeness (QED) is 0.458. The van der Waals surface area contributed by atoms with Crippen LogP contribution in [0.15, 0.2) is 0 Å². The molecule has 0 aromatic rings. The van der Waals surface area contributed by atoms with Gasteiger partial charge >= 0.3 is 5.97 Å². The zero-order valence-corrected chi connectivity index (χ0v) is 8.08. The molecule has 0 heterocycles. The van der Waals surface area contributed by atoms with Crippen molar-refractivity contribution in [3.63, 3.8) is 0 Å². The molecule has 0 saturated heterocycles. The molecule has 0 atom stereocenters. The van der Waals surface area contributed by atoms with Crippen molar-refractivity contribution in [1.29, 1.82) is 0 Å². The normalized spacial score (nSPS) is 9.64. The molecular formula is C8H16O2S. The Kier molecular flexibility index (Phi) is 7.79. The summed E-state index contributed by atoms with van der Waals surface area (Å²) in [6, 6.07) is 0. The molecule has 66 valence electrons. The van der Waals surface area contributed by atoms with Gasteiger partial charge in [-0.2, -0.15) is 11.8 Å². The fourth-order valence-electron chi connectivity index (χ4n) is 0.557. The molecule has 0 aromatic heterocycles. The van der Waals surface area contributed by atoms with Crippen molar-refractivity contribution in [2.45, 2.75) is 26.7 Å². The maximum Gasteiger partial charge on any atom is 0.315 e. The van der Waals surface area contributed by atoms with E-state index in [0.29, 0.717) is 12.4 Å². The standard InChI is InChI=1S/C8H16O2S/c1-3-5-10-8(9)7-11-6-4-2/h3-7H2,1-2H3. The minimum Gasteiger partial charge on any atom is -0.465 e. The minimum absolute atomic E-state index is 0.0784. The molecular weight excluding hydrogens is 160 g/mol. The molecule has 0 rings (SSSR count). The fourth-order valence-corrected chi connectivity index (χ4v) is 1.24. The summed E-state index contributed by atoms with van der Waals surface area (Å²) in [6.07, 6.45) is 2.02. The predicted octanol–water partition coefficient (Wildman–Crippen LogP) is 2.08. The molecule has 0 aromatic carbocycles. The second kappa shape index (κ2) is 7.92. The van der Waals surface area contributed by atoms with Crippen LogP contribution in [0.2, 0.25) is 0 Å². The van der Waals surface area contributed by atoms with E-state index in [1.54, 1.807) is 11.8 Å². The van der Waals surface area contributed by atoms with Crippen LogP contribution in [0.3, 0.4) is 0 Å². The van der Waals surface area contributed by atoms with Crippen LogP contribution in [0.4, 0.5) is 0 Å². The van der Waals surface area contributed by atoms with Gasteiger partial charge in [0.2, 0.25) is 0 Å². The molecule has 11 heavy (non-hydrogen) atoms. The average Bonchev–Trinajstić information content (AvgIpc) is 2.01. The summed E-state index contributed by atoms with van der Waals surface area (Å²) in [4.78, 5) is 10.8. The van der Waals surface area contributed by atoms with Gasteiger partial charge in [0, 0.05) is 0 Å². The van der Waals surface area contributed by atoms with Crippen LogP contribution in [0, 0.1) is 0 Å². The van der Waals surface area contributed by atoms with E-state index in [-0.39, 0.29) is 5.97 Å². The molecule has 0 spiro atoms. The van der Waals surface area contributed by atoms with E-state index < -0.39 is 0 Å². The molecule has 0 aliphatic carbocycles. The first-order valence-corrected chi connectivity index (χ1v) is 5.20. The van der Waals surface area contributed by atoms with E-state index >= 15 is 0 Å². The fraction of sp³-hybridized carbons (Fsp3) is 0.875. The lowest BCUT2D eigenvalue weighted by Crippen LogP contribution is -2.08. The van der Waals surface area contributed by atoms with Crippen LogP contribution in [-0.2, 0) is 9.53 Å². The Morgan fingerprint density at radius 3 is 2.64 bits per heavy atom. The topological polar surface area (TPSA) is 26.3 Å². The van der Waals surface area contributed by atoms with Crippen molar-refractivity contribution in [1.82, 2.24) is 0 Å². The van der Waals surface area contributed by atoms with Gasteiger partial charge in [0.1, 0.15) is 0 Å². The van der Waals surface area contributed by atoms with Crippen LogP contribution in [0.25, 0.3) is 0 Å².